The van der Waals surface area contributed by atoms with Crippen LogP contribution in [0, 0.1) is 0 Å². The van der Waals surface area contributed by atoms with Gasteiger partial charge < -0.3 is 4.57 Å². The highest BCUT2D eigenvalue weighted by atomic mass is 35.5. The van der Waals surface area contributed by atoms with Crippen molar-refractivity contribution in [2.75, 3.05) is 0 Å². The van der Waals surface area contributed by atoms with Crippen LogP contribution in [0.5, 0.6) is 0 Å². The lowest BCUT2D eigenvalue weighted by Crippen LogP contribution is -2.43. The molecular weight excluding hydrogens is 342 g/mol. The van der Waals surface area contributed by atoms with E-state index in [9.17, 15) is 9.59 Å². The van der Waals surface area contributed by atoms with Gasteiger partial charge in [-0.05, 0) is 24.3 Å². The molecule has 8 heteroatoms. The first-order chi connectivity index (χ1) is 12.1. The van der Waals surface area contributed by atoms with Crippen molar-refractivity contribution in [1.82, 2.24) is 25.4 Å². The summed E-state index contributed by atoms with van der Waals surface area (Å²) in [6.07, 6.45) is 2.03. The number of hydrogen-bond acceptors (Lipinski definition) is 4. The van der Waals surface area contributed by atoms with Gasteiger partial charge in [0.15, 0.2) is 0 Å². The molecule has 0 radical (unpaired) electrons. The van der Waals surface area contributed by atoms with Crippen LogP contribution in [0.15, 0.2) is 42.6 Å². The van der Waals surface area contributed by atoms with Crippen LogP contribution in [0.3, 0.4) is 0 Å². The second kappa shape index (κ2) is 7.31. The minimum absolute atomic E-state index is 0.0584. The average Bonchev–Trinajstić information content (AvgIpc) is 2.98. The number of nitrogens with zero attached hydrogens (tertiary/aromatic N) is 3. The van der Waals surface area contributed by atoms with Gasteiger partial charge in [-0.1, -0.05) is 30.7 Å². The van der Waals surface area contributed by atoms with Crippen LogP contribution in [0.4, 0.5) is 0 Å². The molecule has 2 N–H and O–H groups in total. The SMILES string of the molecule is CCc1nc2ccccc2n1CC(=O)NNC(=O)c1ccc(Cl)nc1. The fraction of sp³-hybridized carbons (Fsp3) is 0.176. The van der Waals surface area contributed by atoms with E-state index in [1.165, 1.54) is 18.3 Å². The van der Waals surface area contributed by atoms with Crippen LogP contribution >= 0.6 is 11.6 Å². The number of amides is 2. The van der Waals surface area contributed by atoms with Crippen molar-refractivity contribution in [3.8, 4) is 0 Å². The number of para-hydroxylation sites is 2. The molecule has 0 aliphatic rings. The first-order valence-corrected chi connectivity index (χ1v) is 8.11. The second-order valence-electron chi connectivity index (χ2n) is 5.33. The molecule has 2 aromatic heterocycles. The second-order valence-corrected chi connectivity index (χ2v) is 5.72. The average molecular weight is 358 g/mol. The molecule has 0 aliphatic heterocycles. The molecule has 3 rings (SSSR count). The van der Waals surface area contributed by atoms with E-state index in [0.717, 1.165) is 16.9 Å². The Hall–Kier alpha value is -2.93. The normalized spacial score (nSPS) is 10.6. The number of carbonyl (C=O) groups is 2. The maximum Gasteiger partial charge on any atom is 0.271 e. The predicted molar refractivity (Wildman–Crippen MR) is 94.0 cm³/mol. The quantitative estimate of drug-likeness (QED) is 0.553. The largest absolute Gasteiger partial charge is 0.318 e. The number of aryl methyl sites for hydroxylation is 1. The van der Waals surface area contributed by atoms with Crippen molar-refractivity contribution in [3.63, 3.8) is 0 Å². The summed E-state index contributed by atoms with van der Waals surface area (Å²) >= 11 is 5.68. The monoisotopic (exact) mass is 357 g/mol. The van der Waals surface area contributed by atoms with Crippen molar-refractivity contribution in [2.45, 2.75) is 19.9 Å². The van der Waals surface area contributed by atoms with E-state index in [1.807, 2.05) is 35.8 Å². The number of benzene rings is 1. The summed E-state index contributed by atoms with van der Waals surface area (Å²) in [6, 6.07) is 10.6. The number of rotatable bonds is 4. The van der Waals surface area contributed by atoms with Crippen molar-refractivity contribution in [2.24, 2.45) is 0 Å². The third-order valence-corrected chi connectivity index (χ3v) is 3.88. The molecule has 0 bridgehead atoms. The molecule has 2 amide bonds. The third-order valence-electron chi connectivity index (χ3n) is 3.66. The molecule has 0 unspecified atom stereocenters. The molecule has 1 aromatic carbocycles. The van der Waals surface area contributed by atoms with E-state index in [4.69, 9.17) is 11.6 Å². The highest BCUT2D eigenvalue weighted by Gasteiger charge is 2.13. The summed E-state index contributed by atoms with van der Waals surface area (Å²) in [5.41, 5.74) is 6.78. The minimum Gasteiger partial charge on any atom is -0.318 e. The number of fused-ring (bicyclic) bond motifs is 1. The minimum atomic E-state index is -0.469. The van der Waals surface area contributed by atoms with Crippen molar-refractivity contribution in [3.05, 3.63) is 59.1 Å². The summed E-state index contributed by atoms with van der Waals surface area (Å²) < 4.78 is 1.83. The Morgan fingerprint density at radius 3 is 2.68 bits per heavy atom. The molecule has 0 atom stereocenters. The number of aromatic nitrogens is 3. The van der Waals surface area contributed by atoms with Crippen LogP contribution in [0.25, 0.3) is 11.0 Å². The van der Waals surface area contributed by atoms with Crippen LogP contribution in [0.2, 0.25) is 5.15 Å². The Bertz CT molecular complexity index is 920. The number of pyridine rings is 1. The fourth-order valence-electron chi connectivity index (χ4n) is 2.46. The van der Waals surface area contributed by atoms with Gasteiger partial charge in [0.2, 0.25) is 0 Å². The number of nitrogens with one attached hydrogen (secondary N) is 2. The summed E-state index contributed by atoms with van der Waals surface area (Å²) in [5.74, 6) is -0.0126. The molecule has 0 spiro atoms. The molecule has 0 aliphatic carbocycles. The lowest BCUT2D eigenvalue weighted by atomic mass is 10.3. The van der Waals surface area contributed by atoms with Gasteiger partial charge in [-0.2, -0.15) is 0 Å². The van der Waals surface area contributed by atoms with Crippen molar-refractivity contribution < 1.29 is 9.59 Å². The van der Waals surface area contributed by atoms with E-state index in [2.05, 4.69) is 20.8 Å². The number of hydrazine groups is 1. The van der Waals surface area contributed by atoms with E-state index in [-0.39, 0.29) is 12.5 Å². The molecule has 7 nitrogen and oxygen atoms in total. The van der Waals surface area contributed by atoms with Crippen molar-refractivity contribution >= 4 is 34.4 Å². The van der Waals surface area contributed by atoms with Gasteiger partial charge in [0.25, 0.3) is 11.8 Å². The molecule has 128 valence electrons. The maximum absolute atomic E-state index is 12.2. The van der Waals surface area contributed by atoms with Gasteiger partial charge in [0.1, 0.15) is 17.5 Å². The van der Waals surface area contributed by atoms with Gasteiger partial charge in [-0.25, -0.2) is 9.97 Å². The standard InChI is InChI=1S/C17H16ClN5O2/c1-2-15-20-12-5-3-4-6-13(12)23(15)10-16(24)21-22-17(25)11-7-8-14(18)19-9-11/h3-9H,2,10H2,1H3,(H,21,24)(H,22,25). The summed E-state index contributed by atoms with van der Waals surface area (Å²) in [6.45, 7) is 2.04. The Balaban J connectivity index is 1.67. The summed E-state index contributed by atoms with van der Waals surface area (Å²) in [4.78, 5) is 32.5. The first kappa shape index (κ1) is 16.9. The Morgan fingerprint density at radius 1 is 1.16 bits per heavy atom. The van der Waals surface area contributed by atoms with Crippen LogP contribution in [-0.2, 0) is 17.8 Å². The van der Waals surface area contributed by atoms with Crippen molar-refractivity contribution in [1.29, 1.82) is 0 Å². The summed E-state index contributed by atoms with van der Waals surface area (Å²) in [5, 5.41) is 0.291. The first-order valence-electron chi connectivity index (χ1n) is 7.73. The lowest BCUT2D eigenvalue weighted by molar-refractivity contribution is -0.122. The van der Waals surface area contributed by atoms with Gasteiger partial charge in [0, 0.05) is 12.6 Å². The number of imidazole rings is 1. The van der Waals surface area contributed by atoms with Crippen LogP contribution in [0.1, 0.15) is 23.1 Å². The molecule has 0 saturated heterocycles. The van der Waals surface area contributed by atoms with Crippen LogP contribution < -0.4 is 10.9 Å². The zero-order valence-corrected chi connectivity index (χ0v) is 14.2. The molecule has 25 heavy (non-hydrogen) atoms. The van der Waals surface area contributed by atoms with Gasteiger partial charge in [-0.3, -0.25) is 20.4 Å². The zero-order valence-electron chi connectivity index (χ0n) is 13.5. The molecule has 3 aromatic rings. The van der Waals surface area contributed by atoms with Gasteiger partial charge in [0.05, 0.1) is 16.6 Å². The van der Waals surface area contributed by atoms with Gasteiger partial charge in [-0.15, -0.1) is 0 Å². The molecule has 2 heterocycles. The highest BCUT2D eigenvalue weighted by Crippen LogP contribution is 2.16. The zero-order chi connectivity index (χ0) is 17.8. The number of hydrogen-bond donors (Lipinski definition) is 2. The number of carbonyl (C=O) groups excluding carboxylic acids is 2. The molecular formula is C17H16ClN5O2. The van der Waals surface area contributed by atoms with Gasteiger partial charge >= 0.3 is 0 Å². The van der Waals surface area contributed by atoms with Crippen LogP contribution in [-0.4, -0.2) is 26.3 Å². The third kappa shape index (κ3) is 3.77. The maximum atomic E-state index is 12.2. The molecule has 0 fully saturated rings. The smallest absolute Gasteiger partial charge is 0.271 e. The molecule has 0 saturated carbocycles. The number of halogens is 1. The van der Waals surface area contributed by atoms with E-state index in [1.54, 1.807) is 0 Å². The predicted octanol–water partition coefficient (Wildman–Crippen LogP) is 2.11. The lowest BCUT2D eigenvalue weighted by Gasteiger charge is -2.10. The topological polar surface area (TPSA) is 88.9 Å². The highest BCUT2D eigenvalue weighted by molar-refractivity contribution is 6.29. The Kier molecular flexibility index (Phi) is 4.95. The van der Waals surface area contributed by atoms with E-state index < -0.39 is 5.91 Å². The summed E-state index contributed by atoms with van der Waals surface area (Å²) in [7, 11) is 0. The Labute approximate surface area is 149 Å². The van der Waals surface area contributed by atoms with E-state index >= 15 is 0 Å². The Morgan fingerprint density at radius 2 is 1.96 bits per heavy atom. The fourth-order valence-corrected chi connectivity index (χ4v) is 2.58. The van der Waals surface area contributed by atoms with E-state index in [0.29, 0.717) is 17.1 Å².